The van der Waals surface area contributed by atoms with Gasteiger partial charge in [-0.1, -0.05) is 35.9 Å². The molecule has 19 heavy (non-hydrogen) atoms. The third-order valence-electron chi connectivity index (χ3n) is 2.84. The van der Waals surface area contributed by atoms with Crippen LogP contribution in [0.25, 0.3) is 0 Å². The van der Waals surface area contributed by atoms with Crippen LogP contribution in [0.1, 0.15) is 30.6 Å². The van der Waals surface area contributed by atoms with Gasteiger partial charge in [0.2, 0.25) is 0 Å². The van der Waals surface area contributed by atoms with Gasteiger partial charge in [0, 0.05) is 6.54 Å². The van der Waals surface area contributed by atoms with Crippen LogP contribution in [0.15, 0.2) is 24.4 Å². The van der Waals surface area contributed by atoms with E-state index in [4.69, 9.17) is 17.4 Å². The van der Waals surface area contributed by atoms with Crippen LogP contribution in [-0.4, -0.2) is 15.0 Å². The van der Waals surface area contributed by atoms with Crippen LogP contribution in [0, 0.1) is 5.82 Å². The molecule has 3 N–H and O–H groups in total. The molecule has 5 nitrogen and oxygen atoms in total. The molecule has 0 saturated heterocycles. The Labute approximate surface area is 115 Å². The molecule has 1 aromatic carbocycles. The molecule has 7 heteroatoms. The molecule has 0 aliphatic carbocycles. The second-order valence-electron chi connectivity index (χ2n) is 4.12. The van der Waals surface area contributed by atoms with Gasteiger partial charge in [-0.3, -0.25) is 5.84 Å². The standard InChI is InChI=1S/C12H15ClFN5/c1-2-6-19-10(7-16-18-19)12(17-15)8-4-3-5-9(14)11(8)13/h3-5,7,12,17H,2,6,15H2,1H3. The first-order valence-electron chi connectivity index (χ1n) is 5.97. The number of benzene rings is 1. The minimum Gasteiger partial charge on any atom is -0.271 e. The number of hydrazine groups is 1. The number of hydrogen-bond acceptors (Lipinski definition) is 4. The SMILES string of the molecule is CCCn1nncc1C(NN)c1cccc(F)c1Cl. The fourth-order valence-corrected chi connectivity index (χ4v) is 2.19. The van der Waals surface area contributed by atoms with E-state index in [1.165, 1.54) is 6.07 Å². The Morgan fingerprint density at radius 3 is 3.00 bits per heavy atom. The Hall–Kier alpha value is -1.50. The van der Waals surface area contributed by atoms with Crippen LogP contribution < -0.4 is 11.3 Å². The monoisotopic (exact) mass is 283 g/mol. The molecule has 2 rings (SSSR count). The van der Waals surface area contributed by atoms with Crippen molar-refractivity contribution in [2.24, 2.45) is 5.84 Å². The Morgan fingerprint density at radius 2 is 2.32 bits per heavy atom. The zero-order valence-electron chi connectivity index (χ0n) is 10.5. The van der Waals surface area contributed by atoms with E-state index >= 15 is 0 Å². The van der Waals surface area contributed by atoms with Crippen LogP contribution in [-0.2, 0) is 6.54 Å². The number of aromatic nitrogens is 3. The van der Waals surface area contributed by atoms with Gasteiger partial charge < -0.3 is 0 Å². The van der Waals surface area contributed by atoms with E-state index in [0.29, 0.717) is 12.1 Å². The first-order chi connectivity index (χ1) is 9.19. The van der Waals surface area contributed by atoms with Crippen molar-refractivity contribution in [3.8, 4) is 0 Å². The lowest BCUT2D eigenvalue weighted by atomic mass is 10.0. The molecule has 2 aromatic rings. The van der Waals surface area contributed by atoms with Crippen LogP contribution >= 0.6 is 11.6 Å². The van der Waals surface area contributed by atoms with E-state index in [1.54, 1.807) is 23.0 Å². The average molecular weight is 284 g/mol. The normalized spacial score (nSPS) is 12.6. The van der Waals surface area contributed by atoms with Crippen molar-refractivity contribution in [2.45, 2.75) is 25.9 Å². The summed E-state index contributed by atoms with van der Waals surface area (Å²) in [6.07, 6.45) is 2.51. The summed E-state index contributed by atoms with van der Waals surface area (Å²) in [7, 11) is 0. The van der Waals surface area contributed by atoms with Gasteiger partial charge in [0.05, 0.1) is 23.0 Å². The molecule has 1 heterocycles. The topological polar surface area (TPSA) is 68.8 Å². The summed E-state index contributed by atoms with van der Waals surface area (Å²) in [6.45, 7) is 2.74. The summed E-state index contributed by atoms with van der Waals surface area (Å²) in [5, 5.41) is 7.91. The predicted octanol–water partition coefficient (Wildman–Crippen LogP) is 2.03. The molecular formula is C12H15ClFN5. The second-order valence-corrected chi connectivity index (χ2v) is 4.50. The van der Waals surface area contributed by atoms with E-state index in [9.17, 15) is 4.39 Å². The molecule has 0 aliphatic heterocycles. The highest BCUT2D eigenvalue weighted by Gasteiger charge is 2.21. The fraction of sp³-hybridized carbons (Fsp3) is 0.333. The van der Waals surface area contributed by atoms with Crippen molar-refractivity contribution in [2.75, 3.05) is 0 Å². The van der Waals surface area contributed by atoms with Gasteiger partial charge in [-0.05, 0) is 18.1 Å². The Balaban J connectivity index is 2.44. The molecule has 0 fully saturated rings. The van der Waals surface area contributed by atoms with Gasteiger partial charge in [0.1, 0.15) is 5.82 Å². The lowest BCUT2D eigenvalue weighted by Crippen LogP contribution is -2.31. The first-order valence-corrected chi connectivity index (χ1v) is 6.35. The number of hydrogen-bond donors (Lipinski definition) is 2. The van der Waals surface area contributed by atoms with Crippen molar-refractivity contribution < 1.29 is 4.39 Å². The van der Waals surface area contributed by atoms with E-state index in [2.05, 4.69) is 15.7 Å². The second kappa shape index (κ2) is 6.10. The predicted molar refractivity (Wildman–Crippen MR) is 70.9 cm³/mol. The van der Waals surface area contributed by atoms with Crippen molar-refractivity contribution in [1.29, 1.82) is 0 Å². The quantitative estimate of drug-likeness (QED) is 0.651. The van der Waals surface area contributed by atoms with Crippen molar-refractivity contribution in [3.63, 3.8) is 0 Å². The van der Waals surface area contributed by atoms with Gasteiger partial charge in [0.15, 0.2) is 0 Å². The molecule has 1 atom stereocenters. The van der Waals surface area contributed by atoms with Crippen LogP contribution in [0.5, 0.6) is 0 Å². The first kappa shape index (κ1) is 13.9. The van der Waals surface area contributed by atoms with Crippen molar-refractivity contribution in [1.82, 2.24) is 20.4 Å². The Morgan fingerprint density at radius 1 is 1.53 bits per heavy atom. The minimum atomic E-state index is -0.478. The van der Waals surface area contributed by atoms with Crippen LogP contribution in [0.4, 0.5) is 4.39 Å². The minimum absolute atomic E-state index is 0.0506. The Kier molecular flexibility index (Phi) is 4.47. The smallest absolute Gasteiger partial charge is 0.142 e. The third-order valence-corrected chi connectivity index (χ3v) is 3.24. The maximum Gasteiger partial charge on any atom is 0.142 e. The number of nitrogens with one attached hydrogen (secondary N) is 1. The molecule has 0 saturated carbocycles. The van der Waals surface area contributed by atoms with Gasteiger partial charge in [-0.15, -0.1) is 5.10 Å². The molecule has 0 bridgehead atoms. The molecule has 0 spiro atoms. The van der Waals surface area contributed by atoms with Crippen LogP contribution in [0.3, 0.4) is 0 Å². The van der Waals surface area contributed by atoms with E-state index in [-0.39, 0.29) is 5.02 Å². The van der Waals surface area contributed by atoms with Gasteiger partial charge in [-0.2, -0.15) is 0 Å². The number of halogens is 2. The summed E-state index contributed by atoms with van der Waals surface area (Å²) < 4.78 is 15.3. The summed E-state index contributed by atoms with van der Waals surface area (Å²) >= 11 is 5.99. The Bertz CT molecular complexity index is 557. The number of aryl methyl sites for hydroxylation is 1. The largest absolute Gasteiger partial charge is 0.271 e. The van der Waals surface area contributed by atoms with E-state index in [1.807, 2.05) is 6.92 Å². The fourth-order valence-electron chi connectivity index (χ4n) is 1.95. The molecule has 102 valence electrons. The van der Waals surface area contributed by atoms with Crippen molar-refractivity contribution in [3.05, 3.63) is 46.5 Å². The maximum atomic E-state index is 13.5. The molecule has 1 aromatic heterocycles. The number of nitrogens with two attached hydrogens (primary N) is 1. The zero-order valence-corrected chi connectivity index (χ0v) is 11.2. The molecule has 1 unspecified atom stereocenters. The highest BCUT2D eigenvalue weighted by molar-refractivity contribution is 6.31. The van der Waals surface area contributed by atoms with Gasteiger partial charge in [0.25, 0.3) is 0 Å². The molecule has 0 amide bonds. The summed E-state index contributed by atoms with van der Waals surface area (Å²) in [6, 6.07) is 4.17. The summed E-state index contributed by atoms with van der Waals surface area (Å²) in [5.74, 6) is 5.10. The zero-order chi connectivity index (χ0) is 13.8. The van der Waals surface area contributed by atoms with Crippen molar-refractivity contribution >= 4 is 11.6 Å². The highest BCUT2D eigenvalue weighted by Crippen LogP contribution is 2.29. The van der Waals surface area contributed by atoms with Crippen LogP contribution in [0.2, 0.25) is 5.02 Å². The molecular weight excluding hydrogens is 269 g/mol. The third kappa shape index (κ3) is 2.75. The van der Waals surface area contributed by atoms with Gasteiger partial charge >= 0.3 is 0 Å². The number of rotatable bonds is 5. The van der Waals surface area contributed by atoms with Gasteiger partial charge in [-0.25, -0.2) is 14.5 Å². The molecule has 0 radical (unpaired) electrons. The highest BCUT2D eigenvalue weighted by atomic mass is 35.5. The van der Waals surface area contributed by atoms with E-state index < -0.39 is 11.9 Å². The maximum absolute atomic E-state index is 13.5. The summed E-state index contributed by atoms with van der Waals surface area (Å²) in [5.41, 5.74) is 3.94. The average Bonchev–Trinajstić information content (AvgIpc) is 2.84. The van der Waals surface area contributed by atoms with E-state index in [0.717, 1.165) is 12.1 Å². The lowest BCUT2D eigenvalue weighted by molar-refractivity contribution is 0.510. The summed E-state index contributed by atoms with van der Waals surface area (Å²) in [4.78, 5) is 0. The lowest BCUT2D eigenvalue weighted by Gasteiger charge is -2.18. The number of nitrogens with zero attached hydrogens (tertiary/aromatic N) is 3. The molecule has 0 aliphatic rings.